The van der Waals surface area contributed by atoms with Crippen LogP contribution in [0.5, 0.6) is 0 Å². The van der Waals surface area contributed by atoms with Crippen LogP contribution in [0.3, 0.4) is 0 Å². The third kappa shape index (κ3) is 2.05. The molecule has 3 heteroatoms. The van der Waals surface area contributed by atoms with Gasteiger partial charge in [-0.05, 0) is 12.8 Å². The third-order valence-electron chi connectivity index (χ3n) is 2.82. The van der Waals surface area contributed by atoms with Gasteiger partial charge in [-0.2, -0.15) is 0 Å². The van der Waals surface area contributed by atoms with Crippen molar-refractivity contribution in [1.82, 2.24) is 9.97 Å². The molecule has 0 aliphatic heterocycles. The van der Waals surface area contributed by atoms with E-state index in [2.05, 4.69) is 9.97 Å². The van der Waals surface area contributed by atoms with Crippen molar-refractivity contribution in [3.63, 3.8) is 0 Å². The minimum absolute atomic E-state index is 0.493. The van der Waals surface area contributed by atoms with E-state index in [0.717, 1.165) is 5.82 Å². The molecule has 0 spiro atoms. The van der Waals surface area contributed by atoms with Gasteiger partial charge in [0, 0.05) is 17.8 Å². The maximum Gasteiger partial charge on any atom is 0.121 e. The topological polar surface area (TPSA) is 28.7 Å². The van der Waals surface area contributed by atoms with Crippen LogP contribution in [0.1, 0.15) is 49.5 Å². The highest BCUT2D eigenvalue weighted by atomic mass is 35.5. The van der Waals surface area contributed by atoms with Crippen molar-refractivity contribution in [2.24, 2.45) is 0 Å². The summed E-state index contributed by atoms with van der Waals surface area (Å²) < 4.78 is 0. The lowest BCUT2D eigenvalue weighted by atomic mass is 9.87. The van der Waals surface area contributed by atoms with Crippen LogP contribution >= 0.6 is 11.6 Å². The highest BCUT2D eigenvalue weighted by Crippen LogP contribution is 2.31. The summed E-state index contributed by atoms with van der Waals surface area (Å²) in [6, 6.07) is 0. The number of alkyl halides is 1. The van der Waals surface area contributed by atoms with E-state index in [9.17, 15) is 0 Å². The van der Waals surface area contributed by atoms with Gasteiger partial charge in [0.05, 0.1) is 5.88 Å². The quantitative estimate of drug-likeness (QED) is 0.727. The molecule has 1 fully saturated rings. The second-order valence-corrected chi connectivity index (χ2v) is 4.02. The van der Waals surface area contributed by atoms with Gasteiger partial charge in [-0.3, -0.25) is 0 Å². The fraction of sp³-hybridized carbons (Fsp3) is 0.700. The normalized spacial score (nSPS) is 19.2. The first kappa shape index (κ1) is 9.07. The SMILES string of the molecule is ClCc1ncc(C2CCCCC2)[nH]1. The fourth-order valence-electron chi connectivity index (χ4n) is 2.07. The standard InChI is InChI=1S/C10H15ClN2/c11-6-10-12-7-9(13-10)8-4-2-1-3-5-8/h7-8H,1-6H2,(H,12,13). The van der Waals surface area contributed by atoms with Crippen molar-refractivity contribution >= 4 is 11.6 Å². The third-order valence-corrected chi connectivity index (χ3v) is 3.07. The molecule has 1 N–H and O–H groups in total. The molecule has 0 bridgehead atoms. The lowest BCUT2D eigenvalue weighted by molar-refractivity contribution is 0.437. The smallest absolute Gasteiger partial charge is 0.121 e. The minimum atomic E-state index is 0.493. The molecule has 0 atom stereocenters. The molecule has 1 aliphatic rings. The monoisotopic (exact) mass is 198 g/mol. The molecule has 1 aromatic heterocycles. The molecule has 0 aromatic carbocycles. The summed E-state index contributed by atoms with van der Waals surface area (Å²) in [4.78, 5) is 7.51. The zero-order chi connectivity index (χ0) is 9.10. The van der Waals surface area contributed by atoms with Crippen LogP contribution in [0, 0.1) is 0 Å². The number of aromatic nitrogens is 2. The molecule has 0 radical (unpaired) electrons. The van der Waals surface area contributed by atoms with Crippen LogP contribution in [0.4, 0.5) is 0 Å². The van der Waals surface area contributed by atoms with Gasteiger partial charge in [0.15, 0.2) is 0 Å². The highest BCUT2D eigenvalue weighted by molar-refractivity contribution is 6.16. The van der Waals surface area contributed by atoms with E-state index in [1.165, 1.54) is 37.8 Å². The Bertz CT molecular complexity index is 264. The summed E-state index contributed by atoms with van der Waals surface area (Å²) in [7, 11) is 0. The maximum absolute atomic E-state index is 5.69. The zero-order valence-corrected chi connectivity index (χ0v) is 8.48. The maximum atomic E-state index is 5.69. The Morgan fingerprint density at radius 3 is 2.77 bits per heavy atom. The Labute approximate surface area is 83.7 Å². The predicted molar refractivity (Wildman–Crippen MR) is 54.0 cm³/mol. The minimum Gasteiger partial charge on any atom is -0.345 e. The first-order valence-electron chi connectivity index (χ1n) is 5.00. The summed E-state index contributed by atoms with van der Waals surface area (Å²) in [6.07, 6.45) is 8.69. The zero-order valence-electron chi connectivity index (χ0n) is 7.72. The number of nitrogens with one attached hydrogen (secondary N) is 1. The molecule has 1 saturated carbocycles. The lowest BCUT2D eigenvalue weighted by Crippen LogP contribution is -2.04. The molecule has 72 valence electrons. The van der Waals surface area contributed by atoms with Crippen molar-refractivity contribution in [3.8, 4) is 0 Å². The molecule has 1 heterocycles. The number of hydrogen-bond donors (Lipinski definition) is 1. The summed E-state index contributed by atoms with van der Waals surface area (Å²) in [5.74, 6) is 2.10. The average Bonchev–Trinajstić information content (AvgIpc) is 2.67. The Kier molecular flexibility index (Phi) is 2.89. The van der Waals surface area contributed by atoms with E-state index in [-0.39, 0.29) is 0 Å². The van der Waals surface area contributed by atoms with Crippen LogP contribution < -0.4 is 0 Å². The van der Waals surface area contributed by atoms with Gasteiger partial charge in [-0.1, -0.05) is 19.3 Å². The number of halogens is 1. The number of rotatable bonds is 2. The van der Waals surface area contributed by atoms with Crippen LogP contribution in [0.2, 0.25) is 0 Å². The first-order valence-corrected chi connectivity index (χ1v) is 5.53. The Morgan fingerprint density at radius 1 is 1.38 bits per heavy atom. The molecule has 0 saturated heterocycles. The van der Waals surface area contributed by atoms with Gasteiger partial charge in [0.1, 0.15) is 5.82 Å². The average molecular weight is 199 g/mol. The van der Waals surface area contributed by atoms with E-state index >= 15 is 0 Å². The van der Waals surface area contributed by atoms with Crippen molar-refractivity contribution in [2.75, 3.05) is 0 Å². The van der Waals surface area contributed by atoms with Crippen LogP contribution in [-0.2, 0) is 5.88 Å². The van der Waals surface area contributed by atoms with Gasteiger partial charge in [0.25, 0.3) is 0 Å². The number of hydrogen-bond acceptors (Lipinski definition) is 1. The van der Waals surface area contributed by atoms with E-state index in [1.54, 1.807) is 0 Å². The van der Waals surface area contributed by atoms with Gasteiger partial charge in [-0.15, -0.1) is 11.6 Å². The van der Waals surface area contributed by atoms with E-state index in [1.807, 2.05) is 6.20 Å². The van der Waals surface area contributed by atoms with Gasteiger partial charge < -0.3 is 4.98 Å². The highest BCUT2D eigenvalue weighted by Gasteiger charge is 2.16. The fourth-order valence-corrected chi connectivity index (χ4v) is 2.20. The van der Waals surface area contributed by atoms with Gasteiger partial charge in [-0.25, -0.2) is 4.98 Å². The molecule has 2 rings (SSSR count). The van der Waals surface area contributed by atoms with Crippen molar-refractivity contribution in [1.29, 1.82) is 0 Å². The molecule has 13 heavy (non-hydrogen) atoms. The molecular weight excluding hydrogens is 184 g/mol. The Hall–Kier alpha value is -0.500. The Balaban J connectivity index is 2.05. The number of aromatic amines is 1. The van der Waals surface area contributed by atoms with E-state index in [0.29, 0.717) is 11.8 Å². The molecule has 0 amide bonds. The molecular formula is C10H15ClN2. The largest absolute Gasteiger partial charge is 0.345 e. The number of H-pyrrole nitrogens is 1. The van der Waals surface area contributed by atoms with E-state index in [4.69, 9.17) is 11.6 Å². The van der Waals surface area contributed by atoms with Crippen molar-refractivity contribution in [2.45, 2.75) is 43.9 Å². The van der Waals surface area contributed by atoms with Crippen molar-refractivity contribution in [3.05, 3.63) is 17.7 Å². The lowest BCUT2D eigenvalue weighted by Gasteiger charge is -2.19. The number of imidazole rings is 1. The number of nitrogens with zero attached hydrogens (tertiary/aromatic N) is 1. The molecule has 1 aromatic rings. The van der Waals surface area contributed by atoms with Gasteiger partial charge >= 0.3 is 0 Å². The molecule has 2 nitrogen and oxygen atoms in total. The van der Waals surface area contributed by atoms with E-state index < -0.39 is 0 Å². The van der Waals surface area contributed by atoms with Crippen LogP contribution in [0.25, 0.3) is 0 Å². The predicted octanol–water partition coefficient (Wildman–Crippen LogP) is 3.20. The molecule has 0 unspecified atom stereocenters. The molecule has 1 aliphatic carbocycles. The summed E-state index contributed by atoms with van der Waals surface area (Å²) in [5.41, 5.74) is 1.29. The summed E-state index contributed by atoms with van der Waals surface area (Å²) >= 11 is 5.69. The van der Waals surface area contributed by atoms with Crippen LogP contribution in [0.15, 0.2) is 6.20 Å². The van der Waals surface area contributed by atoms with Gasteiger partial charge in [0.2, 0.25) is 0 Å². The Morgan fingerprint density at radius 2 is 2.15 bits per heavy atom. The summed E-state index contributed by atoms with van der Waals surface area (Å²) in [5, 5.41) is 0. The summed E-state index contributed by atoms with van der Waals surface area (Å²) in [6.45, 7) is 0. The second kappa shape index (κ2) is 4.14. The van der Waals surface area contributed by atoms with Crippen LogP contribution in [-0.4, -0.2) is 9.97 Å². The second-order valence-electron chi connectivity index (χ2n) is 3.75. The van der Waals surface area contributed by atoms with Crippen molar-refractivity contribution < 1.29 is 0 Å². The first-order chi connectivity index (χ1) is 6.40.